The number of carbonyl (C=O) groups excluding carboxylic acids is 1. The van der Waals surface area contributed by atoms with E-state index in [2.05, 4.69) is 0 Å². The molecule has 1 atom stereocenters. The summed E-state index contributed by atoms with van der Waals surface area (Å²) in [5.41, 5.74) is 0.156. The van der Waals surface area contributed by atoms with Crippen molar-refractivity contribution in [2.75, 3.05) is 38.0 Å². The van der Waals surface area contributed by atoms with Crippen LogP contribution in [0.25, 0.3) is 0 Å². The predicted octanol–water partition coefficient (Wildman–Crippen LogP) is 1.73. The number of esters is 1. The maximum absolute atomic E-state index is 11.6. The topological polar surface area (TPSA) is 63.7 Å². The second-order valence-electron chi connectivity index (χ2n) is 6.40. The van der Waals surface area contributed by atoms with E-state index in [4.69, 9.17) is 4.74 Å². The second kappa shape index (κ2) is 6.87. The maximum Gasteiger partial charge on any atom is 0.306 e. The normalized spacial score (nSPS) is 25.5. The average Bonchev–Trinajstić information content (AvgIpc) is 3.18. The standard InChI is InChI=1S/C14H25NO4S2/c1-19-13(16)8-14(5-6-14)11-20-10-12-4-3-7-15(9-12)21(2,17)18/h12H,3-11H2,1-2H3. The highest BCUT2D eigenvalue weighted by atomic mass is 32.2. The number of rotatable bonds is 7. The summed E-state index contributed by atoms with van der Waals surface area (Å²) in [4.78, 5) is 11.4. The Balaban J connectivity index is 1.72. The van der Waals surface area contributed by atoms with E-state index in [1.165, 1.54) is 13.4 Å². The van der Waals surface area contributed by atoms with Crippen molar-refractivity contribution < 1.29 is 17.9 Å². The Morgan fingerprint density at radius 2 is 2.14 bits per heavy atom. The fourth-order valence-electron chi connectivity index (χ4n) is 2.83. The van der Waals surface area contributed by atoms with Crippen molar-refractivity contribution in [2.45, 2.75) is 32.1 Å². The van der Waals surface area contributed by atoms with Crippen LogP contribution in [0.15, 0.2) is 0 Å². The molecule has 0 aromatic rings. The number of piperidine rings is 1. The molecule has 1 unspecified atom stereocenters. The van der Waals surface area contributed by atoms with Gasteiger partial charge in [-0.05, 0) is 48.5 Å². The zero-order chi connectivity index (χ0) is 15.5. The minimum absolute atomic E-state index is 0.117. The number of thioether (sulfide) groups is 1. The summed E-state index contributed by atoms with van der Waals surface area (Å²) in [6, 6.07) is 0. The lowest BCUT2D eigenvalue weighted by Gasteiger charge is -2.31. The van der Waals surface area contributed by atoms with E-state index >= 15 is 0 Å². The van der Waals surface area contributed by atoms with E-state index < -0.39 is 10.0 Å². The van der Waals surface area contributed by atoms with Crippen LogP contribution < -0.4 is 0 Å². The smallest absolute Gasteiger partial charge is 0.306 e. The highest BCUT2D eigenvalue weighted by Gasteiger charge is 2.44. The van der Waals surface area contributed by atoms with Crippen molar-refractivity contribution in [2.24, 2.45) is 11.3 Å². The average molecular weight is 335 g/mol. The number of hydrogen-bond acceptors (Lipinski definition) is 5. The van der Waals surface area contributed by atoms with E-state index in [1.807, 2.05) is 11.8 Å². The van der Waals surface area contributed by atoms with Gasteiger partial charge in [-0.3, -0.25) is 4.79 Å². The first-order valence-corrected chi connectivity index (χ1v) is 10.4. The van der Waals surface area contributed by atoms with Gasteiger partial charge in [0.15, 0.2) is 0 Å². The van der Waals surface area contributed by atoms with Crippen LogP contribution in [0, 0.1) is 11.3 Å². The predicted molar refractivity (Wildman–Crippen MR) is 84.8 cm³/mol. The molecule has 0 aromatic carbocycles. The molecule has 0 radical (unpaired) electrons. The van der Waals surface area contributed by atoms with Gasteiger partial charge in [0.2, 0.25) is 10.0 Å². The number of carbonyl (C=O) groups is 1. The lowest BCUT2D eigenvalue weighted by Crippen LogP contribution is -2.40. The van der Waals surface area contributed by atoms with Gasteiger partial charge < -0.3 is 4.74 Å². The van der Waals surface area contributed by atoms with E-state index in [1.54, 1.807) is 4.31 Å². The molecule has 5 nitrogen and oxygen atoms in total. The van der Waals surface area contributed by atoms with Gasteiger partial charge in [-0.1, -0.05) is 0 Å². The Hall–Kier alpha value is -0.270. The highest BCUT2D eigenvalue weighted by molar-refractivity contribution is 7.99. The fraction of sp³-hybridized carbons (Fsp3) is 0.929. The fourth-order valence-corrected chi connectivity index (χ4v) is 5.32. The molecule has 0 N–H and O–H groups in total. The Bertz CT molecular complexity index is 473. The van der Waals surface area contributed by atoms with Crippen molar-refractivity contribution in [3.8, 4) is 0 Å². The summed E-state index contributed by atoms with van der Waals surface area (Å²) in [5.74, 6) is 2.29. The highest BCUT2D eigenvalue weighted by Crippen LogP contribution is 2.51. The molecular formula is C14H25NO4S2. The molecule has 2 fully saturated rings. The number of nitrogens with zero attached hydrogens (tertiary/aromatic N) is 1. The first kappa shape index (κ1) is 17.1. The van der Waals surface area contributed by atoms with Gasteiger partial charge >= 0.3 is 5.97 Å². The van der Waals surface area contributed by atoms with Gasteiger partial charge in [0.05, 0.1) is 19.8 Å². The van der Waals surface area contributed by atoms with Gasteiger partial charge in [-0.2, -0.15) is 11.8 Å². The maximum atomic E-state index is 11.6. The molecule has 2 aliphatic rings. The van der Waals surface area contributed by atoms with E-state index in [0.29, 0.717) is 25.4 Å². The molecule has 122 valence electrons. The molecule has 1 saturated heterocycles. The number of sulfonamides is 1. The third kappa shape index (κ3) is 5.14. The van der Waals surface area contributed by atoms with Crippen molar-refractivity contribution >= 4 is 27.8 Å². The number of hydrogen-bond donors (Lipinski definition) is 0. The SMILES string of the molecule is COC(=O)CC1(CSCC2CCCN(S(C)(=O)=O)C2)CC1. The van der Waals surface area contributed by atoms with E-state index in [0.717, 1.165) is 37.2 Å². The minimum Gasteiger partial charge on any atom is -0.469 e. The molecule has 1 saturated carbocycles. The third-order valence-corrected chi connectivity index (χ3v) is 7.21. The lowest BCUT2D eigenvalue weighted by molar-refractivity contribution is -0.141. The third-order valence-electron chi connectivity index (χ3n) is 4.42. The van der Waals surface area contributed by atoms with Crippen LogP contribution in [0.1, 0.15) is 32.1 Å². The molecule has 1 aliphatic carbocycles. The van der Waals surface area contributed by atoms with Crippen molar-refractivity contribution in [3.63, 3.8) is 0 Å². The van der Waals surface area contributed by atoms with Crippen molar-refractivity contribution in [1.82, 2.24) is 4.31 Å². The molecule has 7 heteroatoms. The quantitative estimate of drug-likeness (QED) is 0.663. The van der Waals surface area contributed by atoms with Crippen LogP contribution >= 0.6 is 11.8 Å². The Morgan fingerprint density at radius 1 is 1.43 bits per heavy atom. The van der Waals surface area contributed by atoms with E-state index in [-0.39, 0.29) is 11.4 Å². The van der Waals surface area contributed by atoms with E-state index in [9.17, 15) is 13.2 Å². The van der Waals surface area contributed by atoms with Gasteiger partial charge in [-0.25, -0.2) is 12.7 Å². The lowest BCUT2D eigenvalue weighted by atomic mass is 10.0. The Labute approximate surface area is 131 Å². The zero-order valence-electron chi connectivity index (χ0n) is 12.8. The summed E-state index contributed by atoms with van der Waals surface area (Å²) in [6.45, 7) is 1.31. The van der Waals surface area contributed by atoms with Gasteiger partial charge in [0, 0.05) is 13.1 Å². The van der Waals surface area contributed by atoms with Crippen molar-refractivity contribution in [3.05, 3.63) is 0 Å². The van der Waals surface area contributed by atoms with Crippen LogP contribution in [0.2, 0.25) is 0 Å². The molecule has 1 aliphatic heterocycles. The summed E-state index contributed by atoms with van der Waals surface area (Å²) in [7, 11) is -1.62. The zero-order valence-corrected chi connectivity index (χ0v) is 14.5. The number of ether oxygens (including phenoxy) is 1. The first-order valence-electron chi connectivity index (χ1n) is 7.44. The largest absolute Gasteiger partial charge is 0.469 e. The molecule has 1 heterocycles. The van der Waals surface area contributed by atoms with Crippen molar-refractivity contribution in [1.29, 1.82) is 0 Å². The molecular weight excluding hydrogens is 310 g/mol. The minimum atomic E-state index is -3.06. The van der Waals surface area contributed by atoms with Crippen LogP contribution in [-0.2, 0) is 19.6 Å². The summed E-state index contributed by atoms with van der Waals surface area (Å²) < 4.78 is 29.5. The van der Waals surface area contributed by atoms with Crippen LogP contribution in [-0.4, -0.2) is 56.7 Å². The second-order valence-corrected chi connectivity index (χ2v) is 9.41. The summed E-state index contributed by atoms with van der Waals surface area (Å²) in [5, 5.41) is 0. The number of methoxy groups -OCH3 is 1. The molecule has 0 aromatic heterocycles. The Kier molecular flexibility index (Phi) is 5.59. The molecule has 0 amide bonds. The van der Waals surface area contributed by atoms with Crippen LogP contribution in [0.5, 0.6) is 0 Å². The van der Waals surface area contributed by atoms with Gasteiger partial charge in [0.25, 0.3) is 0 Å². The first-order chi connectivity index (χ1) is 9.85. The Morgan fingerprint density at radius 3 is 2.71 bits per heavy atom. The monoisotopic (exact) mass is 335 g/mol. The molecule has 2 rings (SSSR count). The molecule has 21 heavy (non-hydrogen) atoms. The summed E-state index contributed by atoms with van der Waals surface area (Å²) in [6.07, 6.45) is 6.08. The van der Waals surface area contributed by atoms with Gasteiger partial charge in [0.1, 0.15) is 0 Å². The van der Waals surface area contributed by atoms with Crippen LogP contribution in [0.3, 0.4) is 0 Å². The van der Waals surface area contributed by atoms with Crippen LogP contribution in [0.4, 0.5) is 0 Å². The molecule has 0 spiro atoms. The molecule has 0 bridgehead atoms. The van der Waals surface area contributed by atoms with Gasteiger partial charge in [-0.15, -0.1) is 0 Å². The summed E-state index contributed by atoms with van der Waals surface area (Å²) >= 11 is 1.87.